The third-order valence-electron chi connectivity index (χ3n) is 5.81. The Morgan fingerprint density at radius 1 is 0.833 bits per heavy atom. The van der Waals surface area contributed by atoms with Crippen LogP contribution in [0.5, 0.6) is 0 Å². The minimum atomic E-state index is 0.933. The van der Waals surface area contributed by atoms with Crippen LogP contribution in [-0.2, 0) is 0 Å². The van der Waals surface area contributed by atoms with Crippen LogP contribution in [-0.4, -0.2) is 40.8 Å². The first-order valence-corrected chi connectivity index (χ1v) is 10.5. The first-order chi connectivity index (χ1) is 14.6. The van der Waals surface area contributed by atoms with E-state index in [-0.39, 0.29) is 0 Å². The number of H-pyrrole nitrogens is 1. The highest BCUT2D eigenvalue weighted by Crippen LogP contribution is 2.30. The van der Waals surface area contributed by atoms with Gasteiger partial charge in [-0.25, -0.2) is 9.97 Å². The number of rotatable bonds is 3. The molecule has 0 spiro atoms. The van der Waals surface area contributed by atoms with Crippen LogP contribution in [0.1, 0.15) is 17.1 Å². The molecular formula is C24H27N6+. The van der Waals surface area contributed by atoms with Gasteiger partial charge in [-0.05, 0) is 32.4 Å². The highest BCUT2D eigenvalue weighted by molar-refractivity contribution is 5.81. The largest absolute Gasteiger partial charge is 0.349 e. The number of benzene rings is 1. The standard InChI is InChI=1S/C24H26N6/c1-17-8-7-11-21(25-17)28-12-14-29(15-13-28)22-16-18(2)26-24-23(19(3)27-30(22)24)20-9-5-4-6-10-20/h4-11,16H,12-15H2,1-3H3/p+1. The van der Waals surface area contributed by atoms with E-state index in [1.54, 1.807) is 0 Å². The smallest absolute Gasteiger partial charge is 0.274 e. The molecule has 1 fully saturated rings. The Balaban J connectivity index is 1.48. The first-order valence-electron chi connectivity index (χ1n) is 10.5. The number of nitrogens with one attached hydrogen (secondary N) is 1. The number of fused-ring (bicyclic) bond motifs is 1. The minimum absolute atomic E-state index is 0.933. The summed E-state index contributed by atoms with van der Waals surface area (Å²) in [5.41, 5.74) is 6.42. The summed E-state index contributed by atoms with van der Waals surface area (Å²) in [6.07, 6.45) is 0. The second-order valence-electron chi connectivity index (χ2n) is 8.01. The second kappa shape index (κ2) is 7.44. The van der Waals surface area contributed by atoms with Crippen LogP contribution in [0.25, 0.3) is 16.8 Å². The molecule has 152 valence electrons. The van der Waals surface area contributed by atoms with Crippen LogP contribution in [0.4, 0.5) is 11.6 Å². The highest BCUT2D eigenvalue weighted by Gasteiger charge is 2.26. The molecule has 1 aromatic carbocycles. The van der Waals surface area contributed by atoms with Gasteiger partial charge in [-0.2, -0.15) is 9.61 Å². The number of nitrogens with zero attached hydrogens (tertiary/aromatic N) is 5. The van der Waals surface area contributed by atoms with Gasteiger partial charge in [-0.1, -0.05) is 36.4 Å². The minimum Gasteiger partial charge on any atom is -0.349 e. The molecule has 1 aliphatic heterocycles. The van der Waals surface area contributed by atoms with Crippen molar-refractivity contribution in [2.75, 3.05) is 36.0 Å². The second-order valence-corrected chi connectivity index (χ2v) is 8.01. The molecule has 4 heterocycles. The molecule has 1 N–H and O–H groups in total. The molecule has 5 rings (SSSR count). The zero-order valence-corrected chi connectivity index (χ0v) is 17.8. The summed E-state index contributed by atoms with van der Waals surface area (Å²) >= 11 is 0. The van der Waals surface area contributed by atoms with E-state index in [0.29, 0.717) is 0 Å². The van der Waals surface area contributed by atoms with Crippen LogP contribution in [0.15, 0.2) is 54.6 Å². The Labute approximate surface area is 176 Å². The lowest BCUT2D eigenvalue weighted by Crippen LogP contribution is -2.48. The summed E-state index contributed by atoms with van der Waals surface area (Å²) in [5.74, 6) is 2.31. The first kappa shape index (κ1) is 18.6. The Hall–Kier alpha value is -3.41. The molecule has 0 radical (unpaired) electrons. The lowest BCUT2D eigenvalue weighted by Gasteiger charge is -2.32. The Bertz CT molecular complexity index is 1190. The van der Waals surface area contributed by atoms with Gasteiger partial charge in [0.05, 0.1) is 24.5 Å². The Morgan fingerprint density at radius 2 is 1.57 bits per heavy atom. The van der Waals surface area contributed by atoms with E-state index in [1.165, 1.54) is 11.5 Å². The van der Waals surface area contributed by atoms with Crippen LogP contribution in [0.3, 0.4) is 0 Å². The Morgan fingerprint density at radius 3 is 2.30 bits per heavy atom. The topological polar surface area (TPSA) is 50.8 Å². The molecule has 6 heteroatoms. The molecular weight excluding hydrogens is 372 g/mol. The molecule has 0 aliphatic carbocycles. The molecule has 0 bridgehead atoms. The summed E-state index contributed by atoms with van der Waals surface area (Å²) in [7, 11) is 0. The summed E-state index contributed by atoms with van der Waals surface area (Å²) in [6.45, 7) is 10.1. The lowest BCUT2D eigenvalue weighted by molar-refractivity contribution is -0.373. The number of piperazine rings is 1. The van der Waals surface area contributed by atoms with Crippen LogP contribution < -0.4 is 14.8 Å². The lowest BCUT2D eigenvalue weighted by atomic mass is 10.1. The molecule has 0 saturated carbocycles. The van der Waals surface area contributed by atoms with Crippen molar-refractivity contribution in [2.24, 2.45) is 0 Å². The van der Waals surface area contributed by atoms with Gasteiger partial charge >= 0.3 is 0 Å². The van der Waals surface area contributed by atoms with Crippen molar-refractivity contribution in [3.8, 4) is 11.1 Å². The predicted octanol–water partition coefficient (Wildman–Crippen LogP) is 3.46. The SMILES string of the molecule is Cc1cc(N2CCN(c3cccc(C)[nH+]3)CC2)n2nc(C)c(-c3ccccc3)c2n1. The van der Waals surface area contributed by atoms with Crippen molar-refractivity contribution < 1.29 is 4.98 Å². The van der Waals surface area contributed by atoms with Crippen molar-refractivity contribution in [2.45, 2.75) is 20.8 Å². The molecule has 3 aromatic heterocycles. The number of pyridine rings is 1. The molecule has 1 saturated heterocycles. The van der Waals surface area contributed by atoms with E-state index in [2.05, 4.69) is 84.1 Å². The fourth-order valence-corrected chi connectivity index (χ4v) is 4.32. The average Bonchev–Trinajstić information content (AvgIpc) is 3.09. The predicted molar refractivity (Wildman–Crippen MR) is 120 cm³/mol. The number of hydrogen-bond donors (Lipinski definition) is 0. The van der Waals surface area contributed by atoms with E-state index in [1.807, 2.05) is 10.6 Å². The summed E-state index contributed by atoms with van der Waals surface area (Å²) in [5, 5.41) is 4.89. The van der Waals surface area contributed by atoms with Gasteiger partial charge in [-0.3, -0.25) is 4.90 Å². The van der Waals surface area contributed by atoms with Crippen LogP contribution in [0, 0.1) is 20.8 Å². The third-order valence-corrected chi connectivity index (χ3v) is 5.81. The van der Waals surface area contributed by atoms with Crippen LogP contribution in [0.2, 0.25) is 0 Å². The quantitative estimate of drug-likeness (QED) is 0.529. The van der Waals surface area contributed by atoms with Gasteiger partial charge in [0.1, 0.15) is 18.9 Å². The summed E-state index contributed by atoms with van der Waals surface area (Å²) in [6, 6.07) is 19.0. The number of hydrogen-bond acceptors (Lipinski definition) is 4. The summed E-state index contributed by atoms with van der Waals surface area (Å²) in [4.78, 5) is 13.2. The summed E-state index contributed by atoms with van der Waals surface area (Å²) < 4.78 is 2.03. The zero-order valence-electron chi connectivity index (χ0n) is 17.8. The maximum Gasteiger partial charge on any atom is 0.274 e. The number of anilines is 2. The molecule has 4 aromatic rings. The van der Waals surface area contributed by atoms with E-state index in [0.717, 1.165) is 60.2 Å². The van der Waals surface area contributed by atoms with Crippen molar-refractivity contribution in [3.05, 3.63) is 71.7 Å². The number of aryl methyl sites for hydroxylation is 3. The fourth-order valence-electron chi connectivity index (χ4n) is 4.32. The third kappa shape index (κ3) is 3.28. The van der Waals surface area contributed by atoms with Gasteiger partial charge in [0, 0.05) is 23.4 Å². The zero-order chi connectivity index (χ0) is 20.7. The molecule has 1 aliphatic rings. The molecule has 6 nitrogen and oxygen atoms in total. The molecule has 0 amide bonds. The maximum atomic E-state index is 4.89. The maximum absolute atomic E-state index is 4.89. The number of aromatic nitrogens is 4. The van der Waals surface area contributed by atoms with Gasteiger partial charge in [0.25, 0.3) is 5.82 Å². The van der Waals surface area contributed by atoms with E-state index in [9.17, 15) is 0 Å². The van der Waals surface area contributed by atoms with Crippen molar-refractivity contribution in [1.82, 2.24) is 14.6 Å². The average molecular weight is 400 g/mol. The van der Waals surface area contributed by atoms with E-state index >= 15 is 0 Å². The van der Waals surface area contributed by atoms with Gasteiger partial charge in [0.2, 0.25) is 0 Å². The fraction of sp³-hybridized carbons (Fsp3) is 0.292. The van der Waals surface area contributed by atoms with E-state index < -0.39 is 0 Å². The molecule has 0 atom stereocenters. The van der Waals surface area contributed by atoms with Gasteiger partial charge in [0.15, 0.2) is 5.65 Å². The normalized spacial score (nSPS) is 14.5. The van der Waals surface area contributed by atoms with Gasteiger partial charge in [-0.15, -0.1) is 0 Å². The van der Waals surface area contributed by atoms with Crippen molar-refractivity contribution >= 4 is 17.3 Å². The monoisotopic (exact) mass is 399 g/mol. The highest BCUT2D eigenvalue weighted by atomic mass is 15.4. The molecule has 30 heavy (non-hydrogen) atoms. The Kier molecular flexibility index (Phi) is 4.62. The van der Waals surface area contributed by atoms with Crippen LogP contribution >= 0.6 is 0 Å². The van der Waals surface area contributed by atoms with E-state index in [4.69, 9.17) is 10.1 Å². The van der Waals surface area contributed by atoms with Crippen molar-refractivity contribution in [3.63, 3.8) is 0 Å². The van der Waals surface area contributed by atoms with Crippen molar-refractivity contribution in [1.29, 1.82) is 0 Å². The molecule has 0 unspecified atom stereocenters. The van der Waals surface area contributed by atoms with Gasteiger partial charge < -0.3 is 4.90 Å². The number of aromatic amines is 1.